The maximum absolute atomic E-state index is 12.1. The summed E-state index contributed by atoms with van der Waals surface area (Å²) in [5.74, 6) is 0.678. The van der Waals surface area contributed by atoms with Gasteiger partial charge in [0.25, 0.3) is 0 Å². The van der Waals surface area contributed by atoms with E-state index in [1.165, 1.54) is 0 Å². The monoisotopic (exact) mass is 237 g/mol. The molecule has 1 rings (SSSR count). The smallest absolute Gasteiger partial charge is 0.389 e. The summed E-state index contributed by atoms with van der Waals surface area (Å²) in [4.78, 5) is 0. The van der Waals surface area contributed by atoms with Gasteiger partial charge in [-0.1, -0.05) is 6.92 Å². The molecule has 1 atom stereocenters. The molecule has 0 aromatic rings. The normalized spacial score (nSPS) is 18.9. The molecule has 2 nitrogen and oxygen atoms in total. The highest BCUT2D eigenvalue weighted by Gasteiger charge is 2.29. The number of likely N-dealkylation sites (N-methyl/N-ethyl adjacent to an activating group) is 1. The van der Waals surface area contributed by atoms with Crippen molar-refractivity contribution in [3.63, 3.8) is 0 Å². The molecule has 0 saturated heterocycles. The fourth-order valence-electron chi connectivity index (χ4n) is 1.72. The molecule has 1 aliphatic heterocycles. The van der Waals surface area contributed by atoms with E-state index in [1.54, 1.807) is 0 Å². The zero-order valence-corrected chi connectivity index (χ0v) is 9.44. The third-order valence-electron chi connectivity index (χ3n) is 2.47. The molecule has 0 spiro atoms. The van der Waals surface area contributed by atoms with Gasteiger partial charge in [-0.25, -0.2) is 0 Å². The van der Waals surface area contributed by atoms with Crippen LogP contribution in [0.3, 0.4) is 0 Å². The maximum atomic E-state index is 12.1. The molecule has 0 radical (unpaired) electrons. The van der Waals surface area contributed by atoms with Gasteiger partial charge in [-0.15, -0.1) is 0 Å². The highest BCUT2D eigenvalue weighted by molar-refractivity contribution is 5.05. The minimum atomic E-state index is -4.09. The van der Waals surface area contributed by atoms with Gasteiger partial charge in [-0.05, 0) is 31.9 Å². The van der Waals surface area contributed by atoms with Crippen molar-refractivity contribution in [2.45, 2.75) is 44.8 Å². The summed E-state index contributed by atoms with van der Waals surface area (Å²) < 4.78 is 41.8. The standard InChI is InChI=1S/C11H18F3NO/c1-2-15-9(6-7-11(12,13)14)10-5-3-4-8-16-10/h5,9,15H,2-4,6-8H2,1H3. The van der Waals surface area contributed by atoms with Crippen LogP contribution in [0.1, 0.15) is 32.6 Å². The summed E-state index contributed by atoms with van der Waals surface area (Å²) in [6.07, 6.45) is -1.09. The number of nitrogens with one attached hydrogen (secondary N) is 1. The summed E-state index contributed by atoms with van der Waals surface area (Å²) in [6.45, 7) is 3.13. The van der Waals surface area contributed by atoms with E-state index >= 15 is 0 Å². The van der Waals surface area contributed by atoms with Crippen LogP contribution in [0.5, 0.6) is 0 Å². The summed E-state index contributed by atoms with van der Waals surface area (Å²) in [6, 6.07) is -0.299. The van der Waals surface area contributed by atoms with E-state index in [0.29, 0.717) is 18.9 Å². The first-order valence-electron chi connectivity index (χ1n) is 5.66. The first kappa shape index (κ1) is 13.4. The van der Waals surface area contributed by atoms with Crippen LogP contribution in [-0.4, -0.2) is 25.4 Å². The zero-order valence-electron chi connectivity index (χ0n) is 9.44. The molecule has 1 heterocycles. The van der Waals surface area contributed by atoms with Gasteiger partial charge in [-0.2, -0.15) is 13.2 Å². The van der Waals surface area contributed by atoms with E-state index in [1.807, 2.05) is 13.0 Å². The Hall–Kier alpha value is -0.710. The third kappa shape index (κ3) is 4.88. The molecular weight excluding hydrogens is 219 g/mol. The molecule has 0 aliphatic carbocycles. The van der Waals surface area contributed by atoms with Gasteiger partial charge in [0.15, 0.2) is 0 Å². The second-order valence-corrected chi connectivity index (χ2v) is 3.86. The van der Waals surface area contributed by atoms with Crippen LogP contribution in [0.4, 0.5) is 13.2 Å². The first-order chi connectivity index (χ1) is 7.53. The van der Waals surface area contributed by atoms with Crippen molar-refractivity contribution in [1.29, 1.82) is 0 Å². The fraction of sp³-hybridized carbons (Fsp3) is 0.818. The van der Waals surface area contributed by atoms with Gasteiger partial charge in [0, 0.05) is 6.42 Å². The van der Waals surface area contributed by atoms with Crippen molar-refractivity contribution in [1.82, 2.24) is 5.32 Å². The van der Waals surface area contributed by atoms with Crippen LogP contribution in [-0.2, 0) is 4.74 Å². The number of halogens is 3. The average molecular weight is 237 g/mol. The highest BCUT2D eigenvalue weighted by Crippen LogP contribution is 2.25. The molecule has 1 N–H and O–H groups in total. The Morgan fingerprint density at radius 3 is 2.75 bits per heavy atom. The van der Waals surface area contributed by atoms with Crippen molar-refractivity contribution in [2.75, 3.05) is 13.2 Å². The van der Waals surface area contributed by atoms with Gasteiger partial charge in [-0.3, -0.25) is 0 Å². The second kappa shape index (κ2) is 6.13. The third-order valence-corrected chi connectivity index (χ3v) is 2.47. The topological polar surface area (TPSA) is 21.3 Å². The van der Waals surface area contributed by atoms with Crippen LogP contribution in [0.25, 0.3) is 0 Å². The summed E-state index contributed by atoms with van der Waals surface area (Å²) in [5, 5.41) is 3.03. The largest absolute Gasteiger partial charge is 0.497 e. The number of rotatable bonds is 5. The minimum Gasteiger partial charge on any atom is -0.497 e. The van der Waals surface area contributed by atoms with Gasteiger partial charge >= 0.3 is 6.18 Å². The Bertz CT molecular complexity index is 238. The van der Waals surface area contributed by atoms with Gasteiger partial charge in [0.05, 0.1) is 12.6 Å². The van der Waals surface area contributed by atoms with Crippen LogP contribution in [0.2, 0.25) is 0 Å². The zero-order chi connectivity index (χ0) is 12.0. The molecular formula is C11H18F3NO. The summed E-state index contributed by atoms with van der Waals surface area (Å²) >= 11 is 0. The summed E-state index contributed by atoms with van der Waals surface area (Å²) in [5.41, 5.74) is 0. The predicted molar refractivity (Wildman–Crippen MR) is 56.0 cm³/mol. The van der Waals surface area contributed by atoms with Crippen LogP contribution >= 0.6 is 0 Å². The van der Waals surface area contributed by atoms with Crippen molar-refractivity contribution >= 4 is 0 Å². The van der Waals surface area contributed by atoms with Crippen LogP contribution in [0, 0.1) is 0 Å². The molecule has 0 saturated carbocycles. The number of ether oxygens (including phenoxy) is 1. The second-order valence-electron chi connectivity index (χ2n) is 3.86. The van der Waals surface area contributed by atoms with Crippen LogP contribution in [0.15, 0.2) is 11.8 Å². The highest BCUT2D eigenvalue weighted by atomic mass is 19.4. The lowest BCUT2D eigenvalue weighted by atomic mass is 10.1. The number of hydrogen-bond donors (Lipinski definition) is 1. The molecule has 0 bridgehead atoms. The molecule has 16 heavy (non-hydrogen) atoms. The number of alkyl halides is 3. The van der Waals surface area contributed by atoms with Gasteiger partial charge in [0.2, 0.25) is 0 Å². The van der Waals surface area contributed by atoms with Crippen molar-refractivity contribution < 1.29 is 17.9 Å². The Morgan fingerprint density at radius 2 is 2.25 bits per heavy atom. The van der Waals surface area contributed by atoms with E-state index in [2.05, 4.69) is 5.32 Å². The minimum absolute atomic E-state index is 0.0448. The maximum Gasteiger partial charge on any atom is 0.389 e. The predicted octanol–water partition coefficient (Wildman–Crippen LogP) is 3.00. The Kier molecular flexibility index (Phi) is 5.12. The molecule has 0 aromatic carbocycles. The van der Waals surface area contributed by atoms with Gasteiger partial charge in [0.1, 0.15) is 5.76 Å². The van der Waals surface area contributed by atoms with E-state index in [4.69, 9.17) is 4.74 Å². The van der Waals surface area contributed by atoms with Crippen molar-refractivity contribution in [3.05, 3.63) is 11.8 Å². The Labute approximate surface area is 93.9 Å². The lowest BCUT2D eigenvalue weighted by Crippen LogP contribution is -2.34. The van der Waals surface area contributed by atoms with E-state index in [9.17, 15) is 13.2 Å². The Morgan fingerprint density at radius 1 is 1.50 bits per heavy atom. The quantitative estimate of drug-likeness (QED) is 0.793. The average Bonchev–Trinajstić information content (AvgIpc) is 2.24. The molecule has 94 valence electrons. The molecule has 1 aliphatic rings. The van der Waals surface area contributed by atoms with E-state index < -0.39 is 12.6 Å². The molecule has 5 heteroatoms. The van der Waals surface area contributed by atoms with Gasteiger partial charge < -0.3 is 10.1 Å². The fourth-order valence-corrected chi connectivity index (χ4v) is 1.72. The number of hydrogen-bond acceptors (Lipinski definition) is 2. The van der Waals surface area contributed by atoms with Crippen molar-refractivity contribution in [2.24, 2.45) is 0 Å². The Balaban J connectivity index is 2.49. The lowest BCUT2D eigenvalue weighted by molar-refractivity contribution is -0.136. The first-order valence-corrected chi connectivity index (χ1v) is 5.66. The summed E-state index contributed by atoms with van der Waals surface area (Å²) in [7, 11) is 0. The van der Waals surface area contributed by atoms with Crippen molar-refractivity contribution in [3.8, 4) is 0 Å². The molecule has 1 unspecified atom stereocenters. The van der Waals surface area contributed by atoms with E-state index in [-0.39, 0.29) is 12.5 Å². The molecule has 0 aromatic heterocycles. The number of allylic oxidation sites excluding steroid dienone is 1. The van der Waals surface area contributed by atoms with Crippen LogP contribution < -0.4 is 5.32 Å². The molecule has 0 fully saturated rings. The SMILES string of the molecule is CCNC(CCC(F)(F)F)C1=CCCCO1. The van der Waals surface area contributed by atoms with E-state index in [0.717, 1.165) is 12.8 Å². The molecule has 0 amide bonds. The lowest BCUT2D eigenvalue weighted by Gasteiger charge is -2.24.